The van der Waals surface area contributed by atoms with E-state index in [-0.39, 0.29) is 36.2 Å². The molecule has 2 saturated heterocycles. The van der Waals surface area contributed by atoms with E-state index in [1.807, 2.05) is 64.8 Å². The third-order valence-corrected chi connectivity index (χ3v) is 9.76. The van der Waals surface area contributed by atoms with E-state index < -0.39 is 5.60 Å². The molecule has 2 aliphatic rings. The van der Waals surface area contributed by atoms with Crippen LogP contribution in [0.3, 0.4) is 0 Å². The van der Waals surface area contributed by atoms with Gasteiger partial charge in [-0.25, -0.2) is 4.79 Å². The Morgan fingerprint density at radius 1 is 1.08 bits per heavy atom. The molecule has 2 amide bonds. The Morgan fingerprint density at radius 2 is 1.82 bits per heavy atom. The van der Waals surface area contributed by atoms with Gasteiger partial charge >= 0.3 is 6.09 Å². The van der Waals surface area contributed by atoms with Gasteiger partial charge in [-0.3, -0.25) is 19.5 Å². The van der Waals surface area contributed by atoms with Crippen molar-refractivity contribution in [3.8, 4) is 11.1 Å². The number of H-pyrrole nitrogens is 1. The lowest BCUT2D eigenvalue weighted by Crippen LogP contribution is -2.52. The number of ether oxygens (including phenoxy) is 2. The summed E-state index contributed by atoms with van der Waals surface area (Å²) in [6, 6.07) is 10.3. The largest absolute Gasteiger partial charge is 0.444 e. The molecule has 2 unspecified atom stereocenters. The third kappa shape index (κ3) is 8.92. The number of anilines is 1. The Balaban J connectivity index is 1.45. The number of morpholine rings is 1. The molecule has 2 atom stereocenters. The van der Waals surface area contributed by atoms with Crippen LogP contribution in [0.5, 0.6) is 0 Å². The second kappa shape index (κ2) is 15.8. The number of aromatic nitrogens is 2. The molecule has 270 valence electrons. The van der Waals surface area contributed by atoms with Gasteiger partial charge in [-0.15, -0.1) is 0 Å². The molecule has 5 rings (SSSR count). The number of aryl methyl sites for hydroxylation is 2. The van der Waals surface area contributed by atoms with Gasteiger partial charge in [-0.1, -0.05) is 6.07 Å². The van der Waals surface area contributed by atoms with Gasteiger partial charge in [0.15, 0.2) is 0 Å². The maximum absolute atomic E-state index is 14.0. The van der Waals surface area contributed by atoms with Gasteiger partial charge in [0, 0.05) is 85.6 Å². The Labute approximate surface area is 296 Å². The molecule has 2 aliphatic heterocycles. The minimum atomic E-state index is -0.557. The molecule has 1 aromatic carbocycles. The van der Waals surface area contributed by atoms with Gasteiger partial charge in [0.25, 0.3) is 11.5 Å². The van der Waals surface area contributed by atoms with Crippen LogP contribution in [0.25, 0.3) is 11.1 Å². The normalized spacial score (nSPS) is 18.5. The van der Waals surface area contributed by atoms with Crippen LogP contribution in [0, 0.1) is 20.8 Å². The first-order chi connectivity index (χ1) is 23.7. The van der Waals surface area contributed by atoms with Crippen LogP contribution < -0.4 is 15.8 Å². The van der Waals surface area contributed by atoms with Gasteiger partial charge in [0.2, 0.25) is 0 Å². The molecule has 3 aromatic rings. The highest BCUT2D eigenvalue weighted by Gasteiger charge is 2.35. The fraction of sp³-hybridized carbons (Fsp3) is 0.538. The van der Waals surface area contributed by atoms with Crippen molar-refractivity contribution in [2.75, 3.05) is 44.3 Å². The summed E-state index contributed by atoms with van der Waals surface area (Å²) in [5.41, 5.74) is 6.59. The van der Waals surface area contributed by atoms with Gasteiger partial charge in [0.05, 0.1) is 18.9 Å². The summed E-state index contributed by atoms with van der Waals surface area (Å²) in [6.45, 7) is 21.0. The quantitative estimate of drug-likeness (QED) is 0.293. The van der Waals surface area contributed by atoms with Crippen molar-refractivity contribution < 1.29 is 19.1 Å². The van der Waals surface area contributed by atoms with E-state index in [1.165, 1.54) is 0 Å². The summed E-state index contributed by atoms with van der Waals surface area (Å²) in [5, 5.41) is 3.03. The molecule has 2 N–H and O–H groups in total. The number of benzene rings is 1. The lowest BCUT2D eigenvalue weighted by Gasteiger charge is -2.43. The molecule has 0 aliphatic carbocycles. The van der Waals surface area contributed by atoms with E-state index in [0.29, 0.717) is 17.7 Å². The van der Waals surface area contributed by atoms with Gasteiger partial charge < -0.3 is 29.6 Å². The summed E-state index contributed by atoms with van der Waals surface area (Å²) < 4.78 is 11.2. The van der Waals surface area contributed by atoms with Crippen molar-refractivity contribution in [2.24, 2.45) is 0 Å². The van der Waals surface area contributed by atoms with Crippen LogP contribution in [-0.2, 0) is 22.6 Å². The molecule has 2 aromatic heterocycles. The number of aromatic amines is 1. The molecule has 0 bridgehead atoms. The number of pyridine rings is 2. The highest BCUT2D eigenvalue weighted by molar-refractivity contribution is 5.99. The minimum Gasteiger partial charge on any atom is -0.444 e. The van der Waals surface area contributed by atoms with Crippen molar-refractivity contribution >= 4 is 17.7 Å². The van der Waals surface area contributed by atoms with Crippen molar-refractivity contribution in [1.29, 1.82) is 0 Å². The third-order valence-electron chi connectivity index (χ3n) is 9.76. The van der Waals surface area contributed by atoms with Gasteiger partial charge in [-0.05, 0) is 109 Å². The van der Waals surface area contributed by atoms with Crippen molar-refractivity contribution in [3.05, 3.63) is 80.5 Å². The molecule has 0 radical (unpaired) electrons. The zero-order valence-electron chi connectivity index (χ0n) is 31.0. The number of hydrogen-bond acceptors (Lipinski definition) is 8. The van der Waals surface area contributed by atoms with E-state index in [0.717, 1.165) is 91.6 Å². The number of carbonyl (C=O) groups is 2. The van der Waals surface area contributed by atoms with Crippen LogP contribution >= 0.6 is 0 Å². The second-order valence-corrected chi connectivity index (χ2v) is 14.7. The molecular weight excluding hydrogens is 632 g/mol. The monoisotopic (exact) mass is 686 g/mol. The SMILES string of the molecule is CCN(c1cc(-c2ccc(CN3CCOCC3)nc2)cc(C(=O)NCc2c(C)cc(C)[nH]c2=O)c1C)C1CCN(C(=O)OC(C)(C)C)C(C)C1. The molecule has 11 heteroatoms. The highest BCUT2D eigenvalue weighted by atomic mass is 16.6. The van der Waals surface area contributed by atoms with Gasteiger partial charge in [0.1, 0.15) is 5.60 Å². The number of nitrogens with zero attached hydrogens (tertiary/aromatic N) is 4. The number of likely N-dealkylation sites (tertiary alicyclic amines) is 1. The summed E-state index contributed by atoms with van der Waals surface area (Å²) in [5.74, 6) is -0.244. The predicted octanol–water partition coefficient (Wildman–Crippen LogP) is 5.74. The van der Waals surface area contributed by atoms with Crippen LogP contribution in [0.1, 0.15) is 85.9 Å². The zero-order valence-corrected chi connectivity index (χ0v) is 31.0. The lowest BCUT2D eigenvalue weighted by atomic mass is 9.93. The number of piperidine rings is 1. The number of amides is 2. The summed E-state index contributed by atoms with van der Waals surface area (Å²) in [7, 11) is 0. The molecule has 11 nitrogen and oxygen atoms in total. The number of hydrogen-bond donors (Lipinski definition) is 2. The molecular formula is C39H54N6O5. The fourth-order valence-electron chi connectivity index (χ4n) is 7.09. The minimum absolute atomic E-state index is 0.0111. The molecule has 2 fully saturated rings. The fourth-order valence-corrected chi connectivity index (χ4v) is 7.09. The molecule has 0 saturated carbocycles. The smallest absolute Gasteiger partial charge is 0.410 e. The van der Waals surface area contributed by atoms with Crippen molar-refractivity contribution in [2.45, 2.75) is 99.0 Å². The van der Waals surface area contributed by atoms with E-state index >= 15 is 0 Å². The first-order valence-electron chi connectivity index (χ1n) is 17.9. The molecule has 4 heterocycles. The number of nitrogens with one attached hydrogen (secondary N) is 2. The average Bonchev–Trinajstić information content (AvgIpc) is 3.05. The standard InChI is InChI=1S/C39H54N6O5/c1-9-44(32-12-13-45(27(4)19-32)38(48)50-39(6,7)8)35-21-30(29-10-11-31(40-22-29)24-43-14-16-49-17-15-43)20-33(28(35)5)36(46)41-23-34-25(2)18-26(3)42-37(34)47/h10-11,18,20-22,27,32H,9,12-17,19,23-24H2,1-8H3,(H,41,46)(H,42,47). The second-order valence-electron chi connectivity index (χ2n) is 14.7. The maximum atomic E-state index is 14.0. The Morgan fingerprint density at radius 3 is 2.44 bits per heavy atom. The molecule has 50 heavy (non-hydrogen) atoms. The maximum Gasteiger partial charge on any atom is 0.410 e. The first-order valence-corrected chi connectivity index (χ1v) is 17.9. The van der Waals surface area contributed by atoms with Crippen LogP contribution in [0.15, 0.2) is 41.3 Å². The van der Waals surface area contributed by atoms with E-state index in [1.54, 1.807) is 0 Å². The lowest BCUT2D eigenvalue weighted by molar-refractivity contribution is 0.0103. The predicted molar refractivity (Wildman–Crippen MR) is 197 cm³/mol. The van der Waals surface area contributed by atoms with Crippen LogP contribution in [0.2, 0.25) is 0 Å². The van der Waals surface area contributed by atoms with E-state index in [9.17, 15) is 14.4 Å². The Kier molecular flexibility index (Phi) is 11.7. The molecule has 0 spiro atoms. The van der Waals surface area contributed by atoms with Crippen LogP contribution in [-0.4, -0.2) is 88.8 Å². The Bertz CT molecular complexity index is 1720. The topological polar surface area (TPSA) is 120 Å². The highest BCUT2D eigenvalue weighted by Crippen LogP contribution is 2.35. The van der Waals surface area contributed by atoms with Crippen molar-refractivity contribution in [1.82, 2.24) is 25.1 Å². The van der Waals surface area contributed by atoms with Crippen molar-refractivity contribution in [3.63, 3.8) is 0 Å². The number of rotatable bonds is 9. The summed E-state index contributed by atoms with van der Waals surface area (Å²) in [6.07, 6.45) is 3.15. The van der Waals surface area contributed by atoms with E-state index in [2.05, 4.69) is 52.1 Å². The Hall–Kier alpha value is -4.22. The average molecular weight is 687 g/mol. The summed E-state index contributed by atoms with van der Waals surface area (Å²) in [4.78, 5) is 53.9. The van der Waals surface area contributed by atoms with E-state index in [4.69, 9.17) is 14.5 Å². The van der Waals surface area contributed by atoms with Gasteiger partial charge in [-0.2, -0.15) is 0 Å². The zero-order chi connectivity index (χ0) is 36.2. The van der Waals surface area contributed by atoms with Crippen LogP contribution in [0.4, 0.5) is 10.5 Å². The summed E-state index contributed by atoms with van der Waals surface area (Å²) >= 11 is 0. The number of carbonyl (C=O) groups excluding carboxylic acids is 2. The first kappa shape index (κ1) is 37.0.